The largest absolute Gasteiger partial charge is 0.467 e. The Morgan fingerprint density at radius 3 is 2.73 bits per heavy atom. The van der Waals surface area contributed by atoms with Crippen LogP contribution in [0.4, 0.5) is 5.82 Å². The fourth-order valence-electron chi connectivity index (χ4n) is 0.886. The van der Waals surface area contributed by atoms with Gasteiger partial charge in [-0.2, -0.15) is 0 Å². The normalized spacial score (nSPS) is 11.9. The average Bonchev–Trinajstić information content (AvgIpc) is 2.20. The first-order valence-electron chi connectivity index (χ1n) is 4.08. The molecule has 3 N–H and O–H groups in total. The summed E-state index contributed by atoms with van der Waals surface area (Å²) in [4.78, 5) is 34.7. The Morgan fingerprint density at radius 2 is 2.20 bits per heavy atom. The SMILES string of the molecule is COC(=O)C(C)Nc1n[nH]c(=O)[nH]c1=O. The summed E-state index contributed by atoms with van der Waals surface area (Å²) in [6.07, 6.45) is 0. The molecule has 1 unspecified atom stereocenters. The molecule has 0 bridgehead atoms. The van der Waals surface area contributed by atoms with Gasteiger partial charge < -0.3 is 10.1 Å². The Morgan fingerprint density at radius 1 is 1.53 bits per heavy atom. The van der Waals surface area contributed by atoms with Gasteiger partial charge in [-0.3, -0.25) is 9.78 Å². The smallest absolute Gasteiger partial charge is 0.342 e. The van der Waals surface area contributed by atoms with Crippen LogP contribution in [0.25, 0.3) is 0 Å². The number of nitrogens with zero attached hydrogens (tertiary/aromatic N) is 1. The van der Waals surface area contributed by atoms with Crippen molar-refractivity contribution in [2.45, 2.75) is 13.0 Å². The number of methoxy groups -OCH3 is 1. The van der Waals surface area contributed by atoms with Crippen molar-refractivity contribution in [3.8, 4) is 0 Å². The lowest BCUT2D eigenvalue weighted by molar-refractivity contribution is -0.141. The van der Waals surface area contributed by atoms with E-state index in [0.29, 0.717) is 0 Å². The van der Waals surface area contributed by atoms with Crippen molar-refractivity contribution >= 4 is 11.8 Å². The van der Waals surface area contributed by atoms with E-state index in [4.69, 9.17) is 0 Å². The molecule has 15 heavy (non-hydrogen) atoms. The molecule has 0 aliphatic carbocycles. The molecule has 0 aliphatic rings. The number of ether oxygens (including phenoxy) is 1. The number of esters is 1. The standard InChI is InChI=1S/C7H10N4O4/c1-3(6(13)15-2)8-4-5(12)9-7(14)11-10-4/h3H,1-2H3,(H,8,10)(H2,9,11,12,14). The number of nitrogens with one attached hydrogen (secondary N) is 3. The number of hydrogen-bond acceptors (Lipinski definition) is 6. The summed E-state index contributed by atoms with van der Waals surface area (Å²) in [5.74, 6) is -0.685. The third kappa shape index (κ3) is 2.66. The Kier molecular flexibility index (Phi) is 3.21. The highest BCUT2D eigenvalue weighted by atomic mass is 16.5. The minimum Gasteiger partial charge on any atom is -0.467 e. The summed E-state index contributed by atoms with van der Waals surface area (Å²) in [6.45, 7) is 1.50. The summed E-state index contributed by atoms with van der Waals surface area (Å²) in [6, 6.07) is -0.727. The molecule has 1 heterocycles. The summed E-state index contributed by atoms with van der Waals surface area (Å²) < 4.78 is 4.43. The van der Waals surface area contributed by atoms with Crippen molar-refractivity contribution in [3.05, 3.63) is 20.8 Å². The number of carbonyl (C=O) groups excluding carboxylic acids is 1. The second-order valence-corrected chi connectivity index (χ2v) is 2.74. The lowest BCUT2D eigenvalue weighted by atomic mass is 10.3. The molecule has 8 heteroatoms. The number of H-pyrrole nitrogens is 2. The van der Waals surface area contributed by atoms with Gasteiger partial charge in [0.1, 0.15) is 6.04 Å². The molecule has 0 amide bonds. The zero-order valence-electron chi connectivity index (χ0n) is 8.16. The molecular formula is C7H10N4O4. The van der Waals surface area contributed by atoms with Gasteiger partial charge in [0.25, 0.3) is 5.56 Å². The van der Waals surface area contributed by atoms with Crippen LogP contribution in [0.5, 0.6) is 0 Å². The Balaban J connectivity index is 2.86. The molecule has 0 aliphatic heterocycles. The van der Waals surface area contributed by atoms with Gasteiger partial charge in [0, 0.05) is 0 Å². The molecule has 0 fully saturated rings. The van der Waals surface area contributed by atoms with Crippen molar-refractivity contribution < 1.29 is 9.53 Å². The van der Waals surface area contributed by atoms with E-state index in [9.17, 15) is 14.4 Å². The minimum absolute atomic E-state index is 0.146. The summed E-state index contributed by atoms with van der Waals surface area (Å²) in [7, 11) is 1.23. The summed E-state index contributed by atoms with van der Waals surface area (Å²) in [5, 5.41) is 7.95. The quantitative estimate of drug-likeness (QED) is 0.523. The van der Waals surface area contributed by atoms with Crippen LogP contribution >= 0.6 is 0 Å². The van der Waals surface area contributed by atoms with Crippen LogP contribution in [0.3, 0.4) is 0 Å². The zero-order valence-corrected chi connectivity index (χ0v) is 8.16. The van der Waals surface area contributed by atoms with Gasteiger partial charge >= 0.3 is 11.7 Å². The molecule has 0 saturated heterocycles. The van der Waals surface area contributed by atoms with Gasteiger partial charge in [-0.15, -0.1) is 5.10 Å². The van der Waals surface area contributed by atoms with Crippen molar-refractivity contribution in [1.29, 1.82) is 0 Å². The maximum atomic E-state index is 11.1. The predicted molar refractivity (Wildman–Crippen MR) is 50.6 cm³/mol. The number of aromatic amines is 2. The van der Waals surface area contributed by atoms with Gasteiger partial charge in [0.15, 0.2) is 0 Å². The second-order valence-electron chi connectivity index (χ2n) is 2.74. The maximum Gasteiger partial charge on any atom is 0.342 e. The topological polar surface area (TPSA) is 117 Å². The highest BCUT2D eigenvalue weighted by Gasteiger charge is 2.14. The second kappa shape index (κ2) is 4.40. The molecule has 1 atom stereocenters. The molecule has 1 aromatic heterocycles. The van der Waals surface area contributed by atoms with Crippen LogP contribution in [0, 0.1) is 0 Å². The van der Waals surface area contributed by atoms with E-state index in [2.05, 4.69) is 15.2 Å². The third-order valence-electron chi connectivity index (χ3n) is 1.62. The van der Waals surface area contributed by atoms with Gasteiger partial charge in [0.2, 0.25) is 5.82 Å². The monoisotopic (exact) mass is 214 g/mol. The molecule has 0 radical (unpaired) electrons. The van der Waals surface area contributed by atoms with Crippen molar-refractivity contribution in [2.24, 2.45) is 0 Å². The molecule has 1 rings (SSSR count). The van der Waals surface area contributed by atoms with Crippen LogP contribution in [-0.2, 0) is 9.53 Å². The molecule has 0 saturated carbocycles. The van der Waals surface area contributed by atoms with E-state index in [1.165, 1.54) is 14.0 Å². The number of anilines is 1. The van der Waals surface area contributed by atoms with E-state index in [1.54, 1.807) is 0 Å². The van der Waals surface area contributed by atoms with Crippen LogP contribution in [-0.4, -0.2) is 34.3 Å². The molecule has 0 aromatic carbocycles. The number of carbonyl (C=O) groups is 1. The first kappa shape index (κ1) is 11.0. The lowest BCUT2D eigenvalue weighted by Crippen LogP contribution is -2.33. The average molecular weight is 214 g/mol. The van der Waals surface area contributed by atoms with Gasteiger partial charge in [-0.25, -0.2) is 14.7 Å². The van der Waals surface area contributed by atoms with E-state index in [1.807, 2.05) is 10.1 Å². The predicted octanol–water partition coefficient (Wildman–Crippen LogP) is -1.57. The van der Waals surface area contributed by atoms with Gasteiger partial charge in [-0.1, -0.05) is 0 Å². The van der Waals surface area contributed by atoms with Gasteiger partial charge in [-0.05, 0) is 6.92 Å². The molecule has 8 nitrogen and oxygen atoms in total. The summed E-state index contributed by atoms with van der Waals surface area (Å²) in [5.41, 5.74) is -1.41. The van der Waals surface area contributed by atoms with Gasteiger partial charge in [0.05, 0.1) is 7.11 Å². The fourth-order valence-corrected chi connectivity index (χ4v) is 0.886. The van der Waals surface area contributed by atoms with E-state index in [0.717, 1.165) is 0 Å². The van der Waals surface area contributed by atoms with E-state index >= 15 is 0 Å². The first-order chi connectivity index (χ1) is 7.04. The highest BCUT2D eigenvalue weighted by molar-refractivity contribution is 5.78. The molecule has 1 aromatic rings. The number of rotatable bonds is 3. The fraction of sp³-hybridized carbons (Fsp3) is 0.429. The third-order valence-corrected chi connectivity index (χ3v) is 1.62. The van der Waals surface area contributed by atoms with E-state index < -0.39 is 23.3 Å². The number of aromatic nitrogens is 3. The van der Waals surface area contributed by atoms with Crippen molar-refractivity contribution in [3.63, 3.8) is 0 Å². The molecule has 0 spiro atoms. The molecule has 82 valence electrons. The van der Waals surface area contributed by atoms with Crippen LogP contribution in [0.1, 0.15) is 6.92 Å². The Hall–Kier alpha value is -2.12. The van der Waals surface area contributed by atoms with E-state index in [-0.39, 0.29) is 5.82 Å². The Labute approximate surface area is 83.7 Å². The van der Waals surface area contributed by atoms with Crippen LogP contribution in [0.2, 0.25) is 0 Å². The zero-order chi connectivity index (χ0) is 11.4. The number of hydrogen-bond donors (Lipinski definition) is 3. The molecular weight excluding hydrogens is 204 g/mol. The summed E-state index contributed by atoms with van der Waals surface area (Å²) >= 11 is 0. The van der Waals surface area contributed by atoms with Crippen molar-refractivity contribution in [1.82, 2.24) is 15.2 Å². The maximum absolute atomic E-state index is 11.1. The van der Waals surface area contributed by atoms with Crippen LogP contribution < -0.4 is 16.6 Å². The minimum atomic E-state index is -0.727. The van der Waals surface area contributed by atoms with Crippen molar-refractivity contribution in [2.75, 3.05) is 12.4 Å². The Bertz CT molecular complexity index is 463. The highest BCUT2D eigenvalue weighted by Crippen LogP contribution is 1.94. The lowest BCUT2D eigenvalue weighted by Gasteiger charge is -2.10. The van der Waals surface area contributed by atoms with Crippen LogP contribution in [0.15, 0.2) is 9.59 Å². The first-order valence-corrected chi connectivity index (χ1v) is 4.08.